The molecule has 3 nitrogen and oxygen atoms in total. The molecule has 2 aromatic rings. The number of hydrogen-bond acceptors (Lipinski definition) is 2. The zero-order valence-corrected chi connectivity index (χ0v) is 7.90. The lowest BCUT2D eigenvalue weighted by Gasteiger charge is -2.03. The number of aromatic nitrogens is 1. The fraction of sp³-hybridized carbons (Fsp3) is 0.0909. The van der Waals surface area contributed by atoms with Gasteiger partial charge in [-0.1, -0.05) is 6.07 Å². The van der Waals surface area contributed by atoms with Crippen LogP contribution in [0, 0.1) is 0 Å². The molecule has 1 heterocycles. The highest BCUT2D eigenvalue weighted by molar-refractivity contribution is 5.94. The maximum atomic E-state index is 12.0. The van der Waals surface area contributed by atoms with E-state index in [4.69, 9.17) is 0 Å². The van der Waals surface area contributed by atoms with Crippen LogP contribution in [-0.2, 0) is 4.79 Å². The van der Waals surface area contributed by atoms with Crippen molar-refractivity contribution in [1.29, 1.82) is 0 Å². The van der Waals surface area contributed by atoms with E-state index in [0.29, 0.717) is 5.69 Å². The van der Waals surface area contributed by atoms with E-state index >= 15 is 0 Å². The molecule has 1 amide bonds. The summed E-state index contributed by atoms with van der Waals surface area (Å²) in [5, 5.41) is 4.39. The summed E-state index contributed by atoms with van der Waals surface area (Å²) in [7, 11) is 0. The van der Waals surface area contributed by atoms with Gasteiger partial charge in [-0.2, -0.15) is 0 Å². The van der Waals surface area contributed by atoms with Crippen LogP contribution >= 0.6 is 0 Å². The number of carbonyl (C=O) groups excluding carboxylic acids is 1. The molecular formula is C11H9FN2O. The predicted octanol–water partition coefficient (Wildman–Crippen LogP) is 2.14. The number of fused-ring (bicyclic) bond motifs is 1. The Hall–Kier alpha value is -1.97. The molecule has 1 aromatic heterocycles. The van der Waals surface area contributed by atoms with Gasteiger partial charge in [-0.05, 0) is 23.6 Å². The van der Waals surface area contributed by atoms with Gasteiger partial charge in [-0.15, -0.1) is 0 Å². The minimum atomic E-state index is -1.01. The van der Waals surface area contributed by atoms with Crippen molar-refractivity contribution in [3.05, 3.63) is 36.7 Å². The van der Waals surface area contributed by atoms with Crippen LogP contribution in [0.15, 0.2) is 36.7 Å². The lowest BCUT2D eigenvalue weighted by atomic mass is 10.1. The lowest BCUT2D eigenvalue weighted by Crippen LogP contribution is -2.12. The number of carbonyl (C=O) groups is 1. The van der Waals surface area contributed by atoms with Gasteiger partial charge in [0.05, 0.1) is 0 Å². The molecule has 0 fully saturated rings. The third-order valence-corrected chi connectivity index (χ3v) is 2.05. The average Bonchev–Trinajstić information content (AvgIpc) is 2.29. The molecule has 0 saturated heterocycles. The third-order valence-electron chi connectivity index (χ3n) is 2.05. The molecule has 0 spiro atoms. The Kier molecular flexibility index (Phi) is 2.58. The summed E-state index contributed by atoms with van der Waals surface area (Å²) in [6, 6.07) is 7.17. The molecule has 0 radical (unpaired) electrons. The molecule has 0 unspecified atom stereocenters. The Morgan fingerprint density at radius 1 is 1.33 bits per heavy atom. The molecule has 76 valence electrons. The van der Waals surface area contributed by atoms with E-state index in [0.717, 1.165) is 10.8 Å². The van der Waals surface area contributed by atoms with Crippen LogP contribution < -0.4 is 5.32 Å². The van der Waals surface area contributed by atoms with Crippen molar-refractivity contribution in [3.8, 4) is 0 Å². The van der Waals surface area contributed by atoms with Crippen molar-refractivity contribution in [2.45, 2.75) is 0 Å². The van der Waals surface area contributed by atoms with Crippen LogP contribution in [0.5, 0.6) is 0 Å². The number of benzene rings is 1. The summed E-state index contributed by atoms with van der Waals surface area (Å²) in [5.74, 6) is -0.636. The number of alkyl halides is 1. The maximum Gasteiger partial charge on any atom is 0.255 e. The first-order valence-corrected chi connectivity index (χ1v) is 4.49. The standard InChI is InChI=1S/C11H9FN2O/c12-6-11(15)14-10-2-1-9-7-13-4-3-8(9)5-10/h1-5,7H,6H2,(H,14,15). The predicted molar refractivity (Wildman–Crippen MR) is 56.3 cm³/mol. The molecule has 1 N–H and O–H groups in total. The largest absolute Gasteiger partial charge is 0.324 e. The van der Waals surface area contributed by atoms with E-state index in [1.165, 1.54) is 0 Å². The number of nitrogens with zero attached hydrogens (tertiary/aromatic N) is 1. The van der Waals surface area contributed by atoms with Crippen LogP contribution in [-0.4, -0.2) is 17.6 Å². The molecule has 15 heavy (non-hydrogen) atoms. The average molecular weight is 204 g/mol. The first-order valence-electron chi connectivity index (χ1n) is 4.49. The zero-order valence-electron chi connectivity index (χ0n) is 7.90. The Labute approximate surface area is 85.9 Å². The molecule has 1 aromatic carbocycles. The normalized spacial score (nSPS) is 10.2. The minimum Gasteiger partial charge on any atom is -0.324 e. The topological polar surface area (TPSA) is 42.0 Å². The van der Waals surface area contributed by atoms with Crippen molar-refractivity contribution in [3.63, 3.8) is 0 Å². The maximum absolute atomic E-state index is 12.0. The monoisotopic (exact) mass is 204 g/mol. The SMILES string of the molecule is O=C(CF)Nc1ccc2cnccc2c1. The Morgan fingerprint density at radius 2 is 2.20 bits per heavy atom. The number of nitrogens with one attached hydrogen (secondary N) is 1. The van der Waals surface area contributed by atoms with Crippen LogP contribution in [0.3, 0.4) is 0 Å². The second-order valence-corrected chi connectivity index (χ2v) is 3.12. The van der Waals surface area contributed by atoms with Crippen molar-refractivity contribution in [2.75, 3.05) is 12.0 Å². The van der Waals surface area contributed by atoms with Crippen LogP contribution in [0.1, 0.15) is 0 Å². The van der Waals surface area contributed by atoms with E-state index in [1.54, 1.807) is 24.5 Å². The van der Waals surface area contributed by atoms with Crippen molar-refractivity contribution in [2.24, 2.45) is 0 Å². The molecule has 0 aliphatic heterocycles. The lowest BCUT2D eigenvalue weighted by molar-refractivity contribution is -0.117. The van der Waals surface area contributed by atoms with E-state index in [9.17, 15) is 9.18 Å². The zero-order chi connectivity index (χ0) is 10.7. The van der Waals surface area contributed by atoms with Crippen molar-refractivity contribution in [1.82, 2.24) is 4.98 Å². The first kappa shape index (κ1) is 9.58. The highest BCUT2D eigenvalue weighted by atomic mass is 19.1. The quantitative estimate of drug-likeness (QED) is 0.814. The summed E-state index contributed by atoms with van der Waals surface area (Å²) in [4.78, 5) is 14.8. The molecule has 2 rings (SSSR count). The number of anilines is 1. The van der Waals surface area contributed by atoms with Gasteiger partial charge >= 0.3 is 0 Å². The Balaban J connectivity index is 2.34. The smallest absolute Gasteiger partial charge is 0.255 e. The van der Waals surface area contributed by atoms with Gasteiger partial charge in [0.2, 0.25) is 0 Å². The molecule has 4 heteroatoms. The van der Waals surface area contributed by atoms with Gasteiger partial charge in [-0.3, -0.25) is 9.78 Å². The van der Waals surface area contributed by atoms with Crippen molar-refractivity contribution >= 4 is 22.4 Å². The summed E-state index contributed by atoms with van der Waals surface area (Å²) in [5.41, 5.74) is 0.594. The number of halogens is 1. The summed E-state index contributed by atoms with van der Waals surface area (Å²) in [6.07, 6.45) is 3.40. The van der Waals surface area contributed by atoms with Gasteiger partial charge in [0, 0.05) is 23.5 Å². The summed E-state index contributed by atoms with van der Waals surface area (Å²) in [6.45, 7) is -1.01. The first-order chi connectivity index (χ1) is 7.29. The fourth-order valence-electron chi connectivity index (χ4n) is 1.36. The van der Waals surface area contributed by atoms with Gasteiger partial charge in [0.1, 0.15) is 0 Å². The van der Waals surface area contributed by atoms with E-state index in [2.05, 4.69) is 10.3 Å². The van der Waals surface area contributed by atoms with E-state index in [1.807, 2.05) is 12.1 Å². The Morgan fingerprint density at radius 3 is 3.00 bits per heavy atom. The molecular weight excluding hydrogens is 195 g/mol. The van der Waals surface area contributed by atoms with E-state index in [-0.39, 0.29) is 0 Å². The van der Waals surface area contributed by atoms with Gasteiger partial charge in [0.15, 0.2) is 6.67 Å². The third kappa shape index (κ3) is 2.10. The molecule has 0 bridgehead atoms. The summed E-state index contributed by atoms with van der Waals surface area (Å²) >= 11 is 0. The number of pyridine rings is 1. The highest BCUT2D eigenvalue weighted by Gasteiger charge is 2.01. The van der Waals surface area contributed by atoms with E-state index < -0.39 is 12.6 Å². The second-order valence-electron chi connectivity index (χ2n) is 3.12. The van der Waals surface area contributed by atoms with Crippen molar-refractivity contribution < 1.29 is 9.18 Å². The Bertz CT molecular complexity index is 499. The second kappa shape index (κ2) is 4.04. The molecule has 0 atom stereocenters. The minimum absolute atomic E-state index is 0.594. The molecule has 0 aliphatic rings. The summed E-state index contributed by atoms with van der Waals surface area (Å²) < 4.78 is 12.0. The molecule has 0 saturated carbocycles. The number of rotatable bonds is 2. The van der Waals surface area contributed by atoms with Crippen LogP contribution in [0.25, 0.3) is 10.8 Å². The van der Waals surface area contributed by atoms with Gasteiger partial charge < -0.3 is 5.32 Å². The van der Waals surface area contributed by atoms with Crippen LogP contribution in [0.4, 0.5) is 10.1 Å². The van der Waals surface area contributed by atoms with Crippen LogP contribution in [0.2, 0.25) is 0 Å². The highest BCUT2D eigenvalue weighted by Crippen LogP contribution is 2.17. The van der Waals surface area contributed by atoms with Gasteiger partial charge in [-0.25, -0.2) is 4.39 Å². The van der Waals surface area contributed by atoms with Gasteiger partial charge in [0.25, 0.3) is 5.91 Å². The fourth-order valence-corrected chi connectivity index (χ4v) is 1.36. The molecule has 0 aliphatic carbocycles. The number of amides is 1. The number of hydrogen-bond donors (Lipinski definition) is 1.